The van der Waals surface area contributed by atoms with Crippen LogP contribution in [0.3, 0.4) is 0 Å². The highest BCUT2D eigenvalue weighted by atomic mass is 79.9. The number of fused-ring (bicyclic) bond motifs is 3. The van der Waals surface area contributed by atoms with Gasteiger partial charge in [-0.25, -0.2) is 4.98 Å². The Morgan fingerprint density at radius 2 is 1.80 bits per heavy atom. The van der Waals surface area contributed by atoms with E-state index < -0.39 is 7.14 Å². The summed E-state index contributed by atoms with van der Waals surface area (Å²) in [6.45, 7) is 4.87. The Morgan fingerprint density at radius 1 is 1.02 bits per heavy atom. The first-order valence-electron chi connectivity index (χ1n) is 14.6. The molecule has 232 valence electrons. The summed E-state index contributed by atoms with van der Waals surface area (Å²) in [5.41, 5.74) is 5.75. The molecule has 2 N–H and O–H groups in total. The van der Waals surface area contributed by atoms with E-state index in [9.17, 15) is 4.57 Å². The van der Waals surface area contributed by atoms with Crippen LogP contribution in [0.5, 0.6) is 5.75 Å². The molecule has 14 heteroatoms. The van der Waals surface area contributed by atoms with Gasteiger partial charge in [0.15, 0.2) is 0 Å². The molecular weight excluding hydrogens is 657 g/mol. The predicted molar refractivity (Wildman–Crippen MR) is 180 cm³/mol. The summed E-state index contributed by atoms with van der Waals surface area (Å²) >= 11 is 3.58. The molecule has 12 nitrogen and oxygen atoms in total. The van der Waals surface area contributed by atoms with Crippen LogP contribution in [0.4, 0.5) is 28.8 Å². The van der Waals surface area contributed by atoms with Gasteiger partial charge in [0.25, 0.3) is 0 Å². The Hall–Kier alpha value is -4.06. The van der Waals surface area contributed by atoms with Gasteiger partial charge in [-0.15, -0.1) is 0 Å². The van der Waals surface area contributed by atoms with E-state index in [0.717, 1.165) is 29.7 Å². The number of methoxy groups -OCH3 is 1. The fraction of sp³-hybridized carbons (Fsp3) is 0.323. The Kier molecular flexibility index (Phi) is 7.71. The number of nitrogens with zero attached hydrogens (tertiary/aromatic N) is 7. The summed E-state index contributed by atoms with van der Waals surface area (Å²) in [5, 5.41) is 11.8. The van der Waals surface area contributed by atoms with Crippen molar-refractivity contribution in [2.24, 2.45) is 7.05 Å². The second-order valence-corrected chi connectivity index (χ2v) is 15.7. The number of aryl methyl sites for hydroxylation is 1. The third-order valence-corrected chi connectivity index (χ3v) is 10.4. The maximum Gasteiger partial charge on any atom is 0.229 e. The molecule has 7 rings (SSSR count). The summed E-state index contributed by atoms with van der Waals surface area (Å²) in [7, 11) is 0.817. The van der Waals surface area contributed by atoms with Crippen LogP contribution in [-0.4, -0.2) is 75.5 Å². The molecule has 0 unspecified atom stereocenters. The van der Waals surface area contributed by atoms with Crippen molar-refractivity contribution in [3.8, 4) is 16.9 Å². The highest BCUT2D eigenvalue weighted by Gasteiger charge is 2.39. The molecule has 0 radical (unpaired) electrons. The van der Waals surface area contributed by atoms with Gasteiger partial charge in [0, 0.05) is 54.7 Å². The second kappa shape index (κ2) is 11.7. The highest BCUT2D eigenvalue weighted by Crippen LogP contribution is 2.45. The lowest BCUT2D eigenvalue weighted by Gasteiger charge is -2.38. The maximum absolute atomic E-state index is 13.4. The van der Waals surface area contributed by atoms with Crippen molar-refractivity contribution in [2.75, 3.05) is 49.2 Å². The molecule has 0 amide bonds. The molecule has 2 saturated heterocycles. The van der Waals surface area contributed by atoms with Gasteiger partial charge in [0.2, 0.25) is 5.95 Å². The van der Waals surface area contributed by atoms with Crippen LogP contribution in [-0.2, 0) is 16.3 Å². The number of hydrogen-bond donors (Lipinski definition) is 2. The van der Waals surface area contributed by atoms with E-state index in [1.165, 1.54) is 0 Å². The average Bonchev–Trinajstić information content (AvgIpc) is 3.56. The molecule has 2 bridgehead atoms. The molecule has 0 aliphatic carbocycles. The van der Waals surface area contributed by atoms with Crippen LogP contribution in [0, 0.1) is 0 Å². The zero-order chi connectivity index (χ0) is 31.3. The number of morpholine rings is 1. The maximum atomic E-state index is 13.4. The third kappa shape index (κ3) is 5.64. The number of aromatic nitrogens is 6. The Balaban J connectivity index is 1.27. The zero-order valence-corrected chi connectivity index (χ0v) is 27.8. The van der Waals surface area contributed by atoms with E-state index in [2.05, 4.69) is 63.6 Å². The first-order chi connectivity index (χ1) is 21.7. The van der Waals surface area contributed by atoms with Gasteiger partial charge in [-0.1, -0.05) is 0 Å². The fourth-order valence-corrected chi connectivity index (χ4v) is 7.98. The van der Waals surface area contributed by atoms with Gasteiger partial charge in [0.1, 0.15) is 24.2 Å². The molecule has 5 aromatic rings. The highest BCUT2D eigenvalue weighted by molar-refractivity contribution is 9.10. The smallest absolute Gasteiger partial charge is 0.229 e. The number of nitrogens with one attached hydrogen (secondary N) is 2. The van der Waals surface area contributed by atoms with Gasteiger partial charge >= 0.3 is 0 Å². The van der Waals surface area contributed by atoms with E-state index in [1.807, 2.05) is 31.6 Å². The molecule has 2 aliphatic rings. The van der Waals surface area contributed by atoms with Crippen LogP contribution in [0.25, 0.3) is 22.2 Å². The topological polar surface area (TPSA) is 132 Å². The number of benzene rings is 2. The zero-order valence-electron chi connectivity index (χ0n) is 25.4. The van der Waals surface area contributed by atoms with Gasteiger partial charge in [0.05, 0.1) is 65.3 Å². The molecule has 2 aliphatic heterocycles. The summed E-state index contributed by atoms with van der Waals surface area (Å²) < 4.78 is 27.7. The lowest BCUT2D eigenvalue weighted by molar-refractivity contribution is 0.0907. The normalized spacial score (nSPS) is 17.9. The molecule has 2 aromatic carbocycles. The summed E-state index contributed by atoms with van der Waals surface area (Å²) in [6, 6.07) is 8.50. The Morgan fingerprint density at radius 3 is 2.51 bits per heavy atom. The minimum atomic E-state index is -2.76. The number of halogens is 1. The number of hydrogen-bond acceptors (Lipinski definition) is 11. The number of rotatable bonds is 8. The van der Waals surface area contributed by atoms with Gasteiger partial charge in [-0.05, 0) is 60.3 Å². The van der Waals surface area contributed by atoms with Crippen molar-refractivity contribution in [1.29, 1.82) is 0 Å². The molecule has 5 heterocycles. The van der Waals surface area contributed by atoms with Crippen molar-refractivity contribution < 1.29 is 14.0 Å². The Labute approximate surface area is 269 Å². The summed E-state index contributed by atoms with van der Waals surface area (Å²) in [5.74, 6) is 1.52. The van der Waals surface area contributed by atoms with Crippen LogP contribution < -0.4 is 25.6 Å². The first kappa shape index (κ1) is 29.6. The van der Waals surface area contributed by atoms with Crippen molar-refractivity contribution >= 4 is 68.2 Å². The summed E-state index contributed by atoms with van der Waals surface area (Å²) in [4.78, 5) is 20.7. The minimum absolute atomic E-state index is 0.318. The average molecular weight is 691 g/mol. The molecule has 2 atom stereocenters. The molecule has 3 aromatic heterocycles. The van der Waals surface area contributed by atoms with E-state index in [0.29, 0.717) is 75.0 Å². The van der Waals surface area contributed by atoms with E-state index >= 15 is 0 Å². The second-order valence-electron chi connectivity index (χ2n) is 11.7. The van der Waals surface area contributed by atoms with Crippen LogP contribution in [0.15, 0.2) is 59.7 Å². The SMILES string of the molecule is COc1cc(N2[C@@H]3CC[C@H]2COC3)c(-c2cnn(C)c2)cc1Nc1ncc(Br)c(Nc2ccc3nccnc3c2P(C)(C)=O)n1. The lowest BCUT2D eigenvalue weighted by Crippen LogP contribution is -2.46. The van der Waals surface area contributed by atoms with Gasteiger partial charge < -0.3 is 29.6 Å². The molecule has 0 spiro atoms. The molecule has 0 saturated carbocycles. The van der Waals surface area contributed by atoms with Crippen LogP contribution in [0.1, 0.15) is 12.8 Å². The number of ether oxygens (including phenoxy) is 2. The van der Waals surface area contributed by atoms with Crippen molar-refractivity contribution in [3.05, 3.63) is 59.7 Å². The largest absolute Gasteiger partial charge is 0.494 e. The quantitative estimate of drug-likeness (QED) is 0.195. The predicted octanol–water partition coefficient (Wildman–Crippen LogP) is 5.69. The van der Waals surface area contributed by atoms with E-state index in [4.69, 9.17) is 14.5 Å². The third-order valence-electron chi connectivity index (χ3n) is 8.25. The standard InChI is InChI=1S/C31H33BrN9O3P/c1-40-15-18(13-36-40)21-11-25(27(43-2)12-26(21)41-19-5-6-20(41)17-44-16-19)38-31-35-14-22(32)30(39-31)37-24-8-7-23-28(34-10-9-33-23)29(24)45(3,4)42/h7-15,19-20H,5-6,16-17H2,1-4H3,(H2,35,37,38,39)/t19-,20+. The molecular formula is C31H33BrN9O3P. The van der Waals surface area contributed by atoms with Crippen molar-refractivity contribution in [3.63, 3.8) is 0 Å². The van der Waals surface area contributed by atoms with Crippen LogP contribution >= 0.6 is 23.1 Å². The number of anilines is 5. The molecule has 45 heavy (non-hydrogen) atoms. The minimum Gasteiger partial charge on any atom is -0.494 e. The van der Waals surface area contributed by atoms with Gasteiger partial charge in [-0.2, -0.15) is 10.1 Å². The first-order valence-corrected chi connectivity index (χ1v) is 18.0. The van der Waals surface area contributed by atoms with Gasteiger partial charge in [-0.3, -0.25) is 14.6 Å². The molecule has 2 fully saturated rings. The van der Waals surface area contributed by atoms with Crippen molar-refractivity contribution in [1.82, 2.24) is 29.7 Å². The Bertz CT molecular complexity index is 1950. The summed E-state index contributed by atoms with van der Waals surface area (Å²) in [6.07, 6.45) is 11.0. The monoisotopic (exact) mass is 689 g/mol. The van der Waals surface area contributed by atoms with Crippen molar-refractivity contribution in [2.45, 2.75) is 24.9 Å². The van der Waals surface area contributed by atoms with E-state index in [-0.39, 0.29) is 0 Å². The fourth-order valence-electron chi connectivity index (χ4n) is 6.29. The van der Waals surface area contributed by atoms with Crippen LogP contribution in [0.2, 0.25) is 0 Å². The lowest BCUT2D eigenvalue weighted by atomic mass is 10.0. The van der Waals surface area contributed by atoms with E-state index in [1.54, 1.807) is 43.7 Å².